The van der Waals surface area contributed by atoms with Crippen molar-refractivity contribution in [2.75, 3.05) is 0 Å². The zero-order chi connectivity index (χ0) is 10.8. The van der Waals surface area contributed by atoms with Crippen LogP contribution in [-0.4, -0.2) is 25.9 Å². The summed E-state index contributed by atoms with van der Waals surface area (Å²) in [6.07, 6.45) is 1.84. The molecule has 0 saturated heterocycles. The molecule has 0 aliphatic heterocycles. The molecule has 0 radical (unpaired) electrons. The predicted molar refractivity (Wildman–Crippen MR) is 50.5 cm³/mol. The smallest absolute Gasteiger partial charge is 0.216 e. The monoisotopic (exact) mass is 206 g/mol. The lowest BCUT2D eigenvalue weighted by atomic mass is 10.2. The van der Waals surface area contributed by atoms with Crippen LogP contribution in [0.1, 0.15) is 18.4 Å². The largest absolute Gasteiger partial charge is 0.359 e. The Bertz CT molecular complexity index is 486. The summed E-state index contributed by atoms with van der Waals surface area (Å²) < 4.78 is 4.89. The second-order valence-electron chi connectivity index (χ2n) is 3.30. The second kappa shape index (κ2) is 3.64. The molecule has 0 spiro atoms. The molecule has 6 nitrogen and oxygen atoms in total. The van der Waals surface area contributed by atoms with Crippen molar-refractivity contribution < 1.29 is 9.32 Å². The van der Waals surface area contributed by atoms with Gasteiger partial charge in [0.15, 0.2) is 0 Å². The number of aryl methyl sites for hydroxylation is 1. The van der Waals surface area contributed by atoms with Crippen LogP contribution in [0.25, 0.3) is 5.82 Å². The number of rotatable bonds is 3. The first-order valence-electron chi connectivity index (χ1n) is 4.49. The quantitative estimate of drug-likeness (QED) is 0.738. The van der Waals surface area contributed by atoms with E-state index in [-0.39, 0.29) is 12.2 Å². The fraction of sp³-hybridized carbons (Fsp3) is 0.333. The van der Waals surface area contributed by atoms with E-state index in [1.54, 1.807) is 19.2 Å². The van der Waals surface area contributed by atoms with E-state index in [1.165, 1.54) is 11.7 Å². The first-order valence-corrected chi connectivity index (χ1v) is 4.49. The minimum Gasteiger partial charge on any atom is -0.359 e. The average Bonchev–Trinajstić information content (AvgIpc) is 2.72. The fourth-order valence-corrected chi connectivity index (χ4v) is 1.19. The number of hydrogen-bond donors (Lipinski definition) is 0. The van der Waals surface area contributed by atoms with Crippen molar-refractivity contribution in [2.45, 2.75) is 20.3 Å². The third-order valence-corrected chi connectivity index (χ3v) is 1.79. The second-order valence-corrected chi connectivity index (χ2v) is 3.30. The van der Waals surface area contributed by atoms with Crippen LogP contribution in [0.3, 0.4) is 0 Å². The molecule has 0 bridgehead atoms. The lowest BCUT2D eigenvalue weighted by molar-refractivity contribution is -0.116. The fourth-order valence-electron chi connectivity index (χ4n) is 1.19. The molecule has 15 heavy (non-hydrogen) atoms. The summed E-state index contributed by atoms with van der Waals surface area (Å²) in [5.41, 5.74) is 0.628. The molecule has 0 unspecified atom stereocenters. The zero-order valence-corrected chi connectivity index (χ0v) is 8.47. The Morgan fingerprint density at radius 2 is 2.40 bits per heavy atom. The van der Waals surface area contributed by atoms with Crippen LogP contribution in [0, 0.1) is 6.92 Å². The van der Waals surface area contributed by atoms with E-state index in [0.717, 1.165) is 0 Å². The van der Waals surface area contributed by atoms with Gasteiger partial charge in [0.1, 0.15) is 11.5 Å². The third kappa shape index (κ3) is 2.09. The number of hydrogen-bond acceptors (Lipinski definition) is 5. The number of nitrogens with zero attached hydrogens (tertiary/aromatic N) is 4. The zero-order valence-electron chi connectivity index (χ0n) is 8.47. The minimum absolute atomic E-state index is 0.0541. The van der Waals surface area contributed by atoms with Crippen LogP contribution in [-0.2, 0) is 11.2 Å². The van der Waals surface area contributed by atoms with E-state index in [4.69, 9.17) is 4.52 Å². The van der Waals surface area contributed by atoms with Gasteiger partial charge in [-0.3, -0.25) is 4.79 Å². The molecule has 6 heteroatoms. The highest BCUT2D eigenvalue weighted by atomic mass is 16.5. The molecular formula is C9H10N4O2. The van der Waals surface area contributed by atoms with Crippen molar-refractivity contribution in [3.8, 4) is 5.82 Å². The molecule has 2 aromatic rings. The van der Waals surface area contributed by atoms with Gasteiger partial charge >= 0.3 is 0 Å². The number of Topliss-reactive ketones (excluding diaryl/α,β-unsaturated/α-hetero) is 1. The molecule has 0 N–H and O–H groups in total. The van der Waals surface area contributed by atoms with Crippen LogP contribution in [0.5, 0.6) is 0 Å². The first kappa shape index (κ1) is 9.57. The lowest BCUT2D eigenvalue weighted by Gasteiger charge is -1.89. The molecule has 0 fully saturated rings. The molecule has 0 aliphatic carbocycles. The summed E-state index contributed by atoms with van der Waals surface area (Å²) in [6, 6.07) is 1.72. The van der Waals surface area contributed by atoms with Gasteiger partial charge in [-0.2, -0.15) is 10.2 Å². The Morgan fingerprint density at radius 3 is 3.00 bits per heavy atom. The average molecular weight is 206 g/mol. The normalized spacial score (nSPS) is 10.5. The van der Waals surface area contributed by atoms with E-state index in [2.05, 4.69) is 15.4 Å². The third-order valence-electron chi connectivity index (χ3n) is 1.79. The van der Waals surface area contributed by atoms with Gasteiger partial charge in [0.05, 0.1) is 18.3 Å². The molecule has 0 aromatic carbocycles. The molecule has 2 aromatic heterocycles. The molecule has 0 saturated carbocycles. The molecule has 0 amide bonds. The van der Waals surface area contributed by atoms with Crippen molar-refractivity contribution in [1.29, 1.82) is 0 Å². The Balaban J connectivity index is 2.23. The van der Waals surface area contributed by atoms with Gasteiger partial charge in [0.25, 0.3) is 0 Å². The Kier molecular flexibility index (Phi) is 2.32. The van der Waals surface area contributed by atoms with Gasteiger partial charge in [-0.15, -0.1) is 4.80 Å². The van der Waals surface area contributed by atoms with E-state index in [9.17, 15) is 4.79 Å². The van der Waals surface area contributed by atoms with Gasteiger partial charge in [-0.05, 0) is 13.8 Å². The predicted octanol–water partition coefficient (Wildman–Crippen LogP) is 0.695. The van der Waals surface area contributed by atoms with Crippen LogP contribution in [0.4, 0.5) is 0 Å². The van der Waals surface area contributed by atoms with Crippen molar-refractivity contribution in [2.24, 2.45) is 0 Å². The summed E-state index contributed by atoms with van der Waals surface area (Å²) in [6.45, 7) is 3.30. The van der Waals surface area contributed by atoms with Gasteiger partial charge in [-0.1, -0.05) is 5.16 Å². The Labute approximate surface area is 85.9 Å². The minimum atomic E-state index is 0.0541. The molecule has 2 rings (SSSR count). The van der Waals surface area contributed by atoms with Crippen molar-refractivity contribution in [3.63, 3.8) is 0 Å². The summed E-state index contributed by atoms with van der Waals surface area (Å²) >= 11 is 0. The summed E-state index contributed by atoms with van der Waals surface area (Å²) in [5.74, 6) is 1.26. The molecule has 2 heterocycles. The SMILES string of the molecule is CC(=O)Cc1cnn(-c2cc(C)on2)n1. The summed E-state index contributed by atoms with van der Waals surface area (Å²) in [4.78, 5) is 12.2. The standard InChI is InChI=1S/C9H10N4O2/c1-6(14)3-8-5-10-13(11-8)9-4-7(2)15-12-9/h4-5H,3H2,1-2H3. The van der Waals surface area contributed by atoms with E-state index in [1.807, 2.05) is 0 Å². The highest BCUT2D eigenvalue weighted by molar-refractivity contribution is 5.77. The van der Waals surface area contributed by atoms with E-state index < -0.39 is 0 Å². The lowest BCUT2D eigenvalue weighted by Crippen LogP contribution is -2.01. The first-order chi connectivity index (χ1) is 7.15. The van der Waals surface area contributed by atoms with E-state index >= 15 is 0 Å². The van der Waals surface area contributed by atoms with E-state index in [0.29, 0.717) is 17.3 Å². The summed E-state index contributed by atoms with van der Waals surface area (Å²) in [5, 5.41) is 11.8. The summed E-state index contributed by atoms with van der Waals surface area (Å²) in [7, 11) is 0. The maximum Gasteiger partial charge on any atom is 0.216 e. The van der Waals surface area contributed by atoms with Crippen LogP contribution >= 0.6 is 0 Å². The molecule has 0 atom stereocenters. The highest BCUT2D eigenvalue weighted by Crippen LogP contribution is 2.06. The maximum absolute atomic E-state index is 10.9. The van der Waals surface area contributed by atoms with Crippen LogP contribution in [0.15, 0.2) is 16.8 Å². The highest BCUT2D eigenvalue weighted by Gasteiger charge is 2.08. The van der Waals surface area contributed by atoms with Gasteiger partial charge in [0, 0.05) is 6.07 Å². The van der Waals surface area contributed by atoms with Crippen molar-refractivity contribution in [3.05, 3.63) is 23.7 Å². The number of aromatic nitrogens is 4. The van der Waals surface area contributed by atoms with Crippen molar-refractivity contribution in [1.82, 2.24) is 20.2 Å². The molecule has 78 valence electrons. The maximum atomic E-state index is 10.9. The number of ketones is 1. The van der Waals surface area contributed by atoms with Crippen molar-refractivity contribution >= 4 is 5.78 Å². The topological polar surface area (TPSA) is 73.8 Å². The molecule has 0 aliphatic rings. The molecular weight excluding hydrogens is 196 g/mol. The Morgan fingerprint density at radius 1 is 1.60 bits per heavy atom. The van der Waals surface area contributed by atoms with Gasteiger partial charge in [-0.25, -0.2) is 0 Å². The van der Waals surface area contributed by atoms with Crippen LogP contribution < -0.4 is 0 Å². The van der Waals surface area contributed by atoms with Gasteiger partial charge < -0.3 is 4.52 Å². The number of carbonyl (C=O) groups excluding carboxylic acids is 1. The van der Waals surface area contributed by atoms with Crippen LogP contribution in [0.2, 0.25) is 0 Å². The number of carbonyl (C=O) groups is 1. The van der Waals surface area contributed by atoms with Gasteiger partial charge in [0.2, 0.25) is 5.82 Å². The Hall–Kier alpha value is -1.98.